The maximum absolute atomic E-state index is 8.59. The molecule has 10 heavy (non-hydrogen) atoms. The zero-order chi connectivity index (χ0) is 7.82. The van der Waals surface area contributed by atoms with Gasteiger partial charge in [-0.05, 0) is 6.42 Å². The highest BCUT2D eigenvalue weighted by Crippen LogP contribution is 1.63. The predicted octanol–water partition coefficient (Wildman–Crippen LogP) is -1.73. The van der Waals surface area contributed by atoms with Gasteiger partial charge in [0.25, 0.3) is 0 Å². The summed E-state index contributed by atoms with van der Waals surface area (Å²) in [7, 11) is 0. The van der Waals surface area contributed by atoms with Crippen molar-refractivity contribution in [3.05, 3.63) is 0 Å². The third kappa shape index (κ3) is 4.73. The van der Waals surface area contributed by atoms with Crippen LogP contribution in [0.2, 0.25) is 0 Å². The highest BCUT2D eigenvalue weighted by Gasteiger charge is 2.03. The first-order valence-electron chi connectivity index (χ1n) is 3.90. The monoisotopic (exact) mass is 148 g/mol. The highest BCUT2D eigenvalue weighted by molar-refractivity contribution is 4.28. The minimum absolute atomic E-state index is 0.218. The number of aliphatic hydroxyl groups is 2. The molecule has 0 bridgehead atoms. The van der Waals surface area contributed by atoms with Crippen LogP contribution in [0.1, 0.15) is 13.3 Å². The van der Waals surface area contributed by atoms with Crippen LogP contribution in [0.4, 0.5) is 0 Å². The average molecular weight is 148 g/mol. The Morgan fingerprint density at radius 1 is 1.00 bits per heavy atom. The molecule has 3 heteroatoms. The summed E-state index contributed by atoms with van der Waals surface area (Å²) in [6.45, 7) is 5.10. The van der Waals surface area contributed by atoms with Crippen molar-refractivity contribution in [1.82, 2.24) is 0 Å². The van der Waals surface area contributed by atoms with E-state index in [2.05, 4.69) is 6.92 Å². The lowest BCUT2D eigenvalue weighted by Gasteiger charge is -2.15. The van der Waals surface area contributed by atoms with E-state index in [1.807, 2.05) is 0 Å². The van der Waals surface area contributed by atoms with Crippen molar-refractivity contribution in [3.63, 3.8) is 0 Å². The Balaban J connectivity index is 3.30. The van der Waals surface area contributed by atoms with Gasteiger partial charge in [0.2, 0.25) is 0 Å². The zero-order valence-electron chi connectivity index (χ0n) is 6.64. The number of quaternary nitrogens is 1. The number of rotatable bonds is 6. The molecule has 0 aromatic heterocycles. The standard InChI is InChI=1S/C7H17NO2/c1-2-3-8(4-6-9)5-7-10/h9-10H,2-7H2,1H3/p+1. The molecule has 0 saturated heterocycles. The lowest BCUT2D eigenvalue weighted by molar-refractivity contribution is -0.900. The maximum Gasteiger partial charge on any atom is 0.101 e. The second-order valence-electron chi connectivity index (χ2n) is 2.45. The van der Waals surface area contributed by atoms with Crippen molar-refractivity contribution in [2.75, 3.05) is 32.8 Å². The van der Waals surface area contributed by atoms with Crippen molar-refractivity contribution in [2.24, 2.45) is 0 Å². The second kappa shape index (κ2) is 6.99. The molecule has 0 aromatic carbocycles. The summed E-state index contributed by atoms with van der Waals surface area (Å²) in [5, 5.41) is 17.2. The van der Waals surface area contributed by atoms with E-state index in [9.17, 15) is 0 Å². The summed E-state index contributed by atoms with van der Waals surface area (Å²) in [6, 6.07) is 0. The van der Waals surface area contributed by atoms with Crippen LogP contribution in [0.25, 0.3) is 0 Å². The summed E-state index contributed by atoms with van der Waals surface area (Å²) >= 11 is 0. The Kier molecular flexibility index (Phi) is 6.91. The van der Waals surface area contributed by atoms with Crippen molar-refractivity contribution in [1.29, 1.82) is 0 Å². The molecule has 0 aliphatic carbocycles. The van der Waals surface area contributed by atoms with Gasteiger partial charge in [0, 0.05) is 0 Å². The molecule has 0 unspecified atom stereocenters. The summed E-state index contributed by atoms with van der Waals surface area (Å²) in [5.41, 5.74) is 0. The molecule has 0 atom stereocenters. The van der Waals surface area contributed by atoms with Gasteiger partial charge >= 0.3 is 0 Å². The maximum atomic E-state index is 8.59. The topological polar surface area (TPSA) is 44.9 Å². The van der Waals surface area contributed by atoms with Crippen LogP contribution in [-0.4, -0.2) is 43.1 Å². The zero-order valence-corrected chi connectivity index (χ0v) is 6.64. The third-order valence-electron chi connectivity index (χ3n) is 1.53. The van der Waals surface area contributed by atoms with Gasteiger partial charge in [-0.15, -0.1) is 0 Å². The van der Waals surface area contributed by atoms with Crippen molar-refractivity contribution in [3.8, 4) is 0 Å². The molecule has 0 rings (SSSR count). The van der Waals surface area contributed by atoms with Crippen LogP contribution in [0.5, 0.6) is 0 Å². The summed E-state index contributed by atoms with van der Waals surface area (Å²) in [6.07, 6.45) is 1.11. The lowest BCUT2D eigenvalue weighted by atomic mass is 10.4. The molecule has 3 N–H and O–H groups in total. The molecule has 0 heterocycles. The second-order valence-corrected chi connectivity index (χ2v) is 2.45. The Hall–Kier alpha value is -0.120. The SMILES string of the molecule is CCC[NH+](CCO)CCO. The molecule has 3 nitrogen and oxygen atoms in total. The van der Waals surface area contributed by atoms with E-state index < -0.39 is 0 Å². The first-order chi connectivity index (χ1) is 4.85. The Morgan fingerprint density at radius 2 is 1.50 bits per heavy atom. The molecule has 62 valence electrons. The molecule has 0 aliphatic heterocycles. The van der Waals surface area contributed by atoms with E-state index >= 15 is 0 Å². The van der Waals surface area contributed by atoms with Crippen LogP contribution in [-0.2, 0) is 0 Å². The van der Waals surface area contributed by atoms with E-state index in [1.54, 1.807) is 0 Å². The number of hydrogen-bond donors (Lipinski definition) is 3. The van der Waals surface area contributed by atoms with Crippen LogP contribution in [0, 0.1) is 0 Å². The molecule has 0 aliphatic rings. The fraction of sp³-hybridized carbons (Fsp3) is 1.00. The summed E-state index contributed by atoms with van der Waals surface area (Å²) < 4.78 is 0. The van der Waals surface area contributed by atoms with Crippen LogP contribution >= 0.6 is 0 Å². The van der Waals surface area contributed by atoms with Gasteiger partial charge in [-0.25, -0.2) is 0 Å². The normalized spacial score (nSPS) is 10.8. The number of aliphatic hydroxyl groups excluding tert-OH is 2. The Bertz CT molecular complexity index is 54.4. The predicted molar refractivity (Wildman–Crippen MR) is 40.0 cm³/mol. The minimum Gasteiger partial charge on any atom is -0.391 e. The van der Waals surface area contributed by atoms with Crippen LogP contribution in [0.3, 0.4) is 0 Å². The smallest absolute Gasteiger partial charge is 0.101 e. The van der Waals surface area contributed by atoms with Gasteiger partial charge < -0.3 is 15.1 Å². The first-order valence-corrected chi connectivity index (χ1v) is 3.90. The third-order valence-corrected chi connectivity index (χ3v) is 1.53. The number of hydrogen-bond acceptors (Lipinski definition) is 2. The van der Waals surface area contributed by atoms with Crippen molar-refractivity contribution in [2.45, 2.75) is 13.3 Å². The lowest BCUT2D eigenvalue weighted by Crippen LogP contribution is -3.13. The largest absolute Gasteiger partial charge is 0.391 e. The van der Waals surface area contributed by atoms with Gasteiger partial charge in [-0.3, -0.25) is 0 Å². The van der Waals surface area contributed by atoms with Gasteiger partial charge in [0.1, 0.15) is 13.1 Å². The molecule has 0 spiro atoms. The highest BCUT2D eigenvalue weighted by atomic mass is 16.3. The number of nitrogens with one attached hydrogen (secondary N) is 1. The quantitative estimate of drug-likeness (QED) is 0.419. The molecule has 0 aromatic rings. The Labute approximate surface area is 62.3 Å². The molecule has 0 saturated carbocycles. The van der Waals surface area contributed by atoms with Gasteiger partial charge in [-0.1, -0.05) is 6.92 Å². The van der Waals surface area contributed by atoms with E-state index in [4.69, 9.17) is 10.2 Å². The van der Waals surface area contributed by atoms with E-state index in [0.717, 1.165) is 26.1 Å². The first kappa shape index (κ1) is 9.88. The van der Waals surface area contributed by atoms with Gasteiger partial charge in [0.05, 0.1) is 19.8 Å². The van der Waals surface area contributed by atoms with Crippen LogP contribution in [0.15, 0.2) is 0 Å². The summed E-state index contributed by atoms with van der Waals surface area (Å²) in [4.78, 5) is 1.28. The molecule has 0 fully saturated rings. The van der Waals surface area contributed by atoms with Gasteiger partial charge in [0.15, 0.2) is 0 Å². The van der Waals surface area contributed by atoms with E-state index in [0.29, 0.717) is 0 Å². The van der Waals surface area contributed by atoms with Gasteiger partial charge in [-0.2, -0.15) is 0 Å². The van der Waals surface area contributed by atoms with E-state index in [1.165, 1.54) is 4.90 Å². The summed E-state index contributed by atoms with van der Waals surface area (Å²) in [5.74, 6) is 0. The van der Waals surface area contributed by atoms with Crippen LogP contribution < -0.4 is 4.90 Å². The molecular formula is C7H18NO2+. The molecule has 0 amide bonds. The fourth-order valence-electron chi connectivity index (χ4n) is 1.04. The molecular weight excluding hydrogens is 130 g/mol. The Morgan fingerprint density at radius 3 is 1.80 bits per heavy atom. The minimum atomic E-state index is 0.218. The molecule has 0 radical (unpaired) electrons. The average Bonchev–Trinajstić information content (AvgIpc) is 1.90. The van der Waals surface area contributed by atoms with Crippen molar-refractivity contribution >= 4 is 0 Å². The van der Waals surface area contributed by atoms with E-state index in [-0.39, 0.29) is 13.2 Å². The fourth-order valence-corrected chi connectivity index (χ4v) is 1.04. The van der Waals surface area contributed by atoms with Crippen molar-refractivity contribution < 1.29 is 15.1 Å².